The molecule has 2 atom stereocenters. The molecule has 0 aliphatic carbocycles. The van der Waals surface area contributed by atoms with Crippen LogP contribution in [-0.2, 0) is 26.2 Å². The Hall–Kier alpha value is -4.25. The molecule has 11 heteroatoms. The maximum absolute atomic E-state index is 14.2. The molecule has 3 aromatic carbocycles. The van der Waals surface area contributed by atoms with E-state index < -0.39 is 28.5 Å². The number of hydrogen-bond acceptors (Lipinski definition) is 7. The van der Waals surface area contributed by atoms with E-state index in [4.69, 9.17) is 14.2 Å². The van der Waals surface area contributed by atoms with Crippen molar-refractivity contribution in [1.82, 2.24) is 10.2 Å². The number of ether oxygens (including phenoxy) is 3. The minimum atomic E-state index is -4.19. The zero-order valence-corrected chi connectivity index (χ0v) is 25.8. The van der Waals surface area contributed by atoms with Gasteiger partial charge in [-0.05, 0) is 61.7 Å². The maximum atomic E-state index is 14.2. The first-order valence-electron chi connectivity index (χ1n) is 14.4. The summed E-state index contributed by atoms with van der Waals surface area (Å²) in [6.07, 6.45) is 1.06. The summed E-state index contributed by atoms with van der Waals surface area (Å²) >= 11 is 0. The Morgan fingerprint density at radius 2 is 1.60 bits per heavy atom. The van der Waals surface area contributed by atoms with Crippen molar-refractivity contribution in [2.45, 2.75) is 57.1 Å². The number of anilines is 1. The summed E-state index contributed by atoms with van der Waals surface area (Å²) in [5.41, 5.74) is 1.00. The van der Waals surface area contributed by atoms with E-state index in [-0.39, 0.29) is 29.1 Å². The van der Waals surface area contributed by atoms with E-state index in [0.29, 0.717) is 36.9 Å². The number of carbonyl (C=O) groups excluding carboxylic acids is 2. The van der Waals surface area contributed by atoms with Gasteiger partial charge in [0.2, 0.25) is 11.8 Å². The Morgan fingerprint density at radius 1 is 0.930 bits per heavy atom. The first-order chi connectivity index (χ1) is 20.7. The first kappa shape index (κ1) is 31.7. The van der Waals surface area contributed by atoms with Gasteiger partial charge in [-0.1, -0.05) is 44.2 Å². The van der Waals surface area contributed by atoms with Gasteiger partial charge in [-0.15, -0.1) is 0 Å². The lowest BCUT2D eigenvalue weighted by Gasteiger charge is -2.34. The average molecular weight is 610 g/mol. The van der Waals surface area contributed by atoms with Gasteiger partial charge in [-0.2, -0.15) is 0 Å². The highest BCUT2D eigenvalue weighted by Gasteiger charge is 2.34. The molecule has 0 aromatic heterocycles. The number of fused-ring (bicyclic) bond motifs is 1. The minimum absolute atomic E-state index is 0.0287. The summed E-state index contributed by atoms with van der Waals surface area (Å²) in [6.45, 7) is 5.95. The second-order valence-corrected chi connectivity index (χ2v) is 12.1. The Bertz CT molecular complexity index is 1500. The van der Waals surface area contributed by atoms with Crippen LogP contribution in [0.3, 0.4) is 0 Å². The first-order valence-corrected chi connectivity index (χ1v) is 15.8. The fourth-order valence-electron chi connectivity index (χ4n) is 4.72. The van der Waals surface area contributed by atoms with E-state index in [1.54, 1.807) is 55.6 Å². The third-order valence-corrected chi connectivity index (χ3v) is 9.11. The molecule has 1 aliphatic rings. The predicted molar refractivity (Wildman–Crippen MR) is 164 cm³/mol. The number of nitrogens with zero attached hydrogens (tertiary/aromatic N) is 2. The Kier molecular flexibility index (Phi) is 10.5. The van der Waals surface area contributed by atoms with E-state index in [1.165, 1.54) is 17.0 Å². The van der Waals surface area contributed by atoms with Crippen LogP contribution in [-0.4, -0.2) is 64.1 Å². The molecule has 3 aromatic rings. The van der Waals surface area contributed by atoms with E-state index in [0.717, 1.165) is 16.3 Å². The normalized spacial score (nSPS) is 13.9. The second-order valence-electron chi connectivity index (χ2n) is 10.3. The monoisotopic (exact) mass is 609 g/mol. The number of rotatable bonds is 13. The molecule has 0 saturated carbocycles. The van der Waals surface area contributed by atoms with Gasteiger partial charge in [0.15, 0.2) is 11.5 Å². The molecule has 0 fully saturated rings. The Balaban J connectivity index is 1.74. The molecule has 1 N–H and O–H groups in total. The predicted octanol–water partition coefficient (Wildman–Crippen LogP) is 4.38. The number of benzene rings is 3. The summed E-state index contributed by atoms with van der Waals surface area (Å²) in [6, 6.07) is 19.0. The quantitative estimate of drug-likeness (QED) is 0.306. The lowest BCUT2D eigenvalue weighted by Crippen LogP contribution is -2.53. The molecule has 4 rings (SSSR count). The van der Waals surface area contributed by atoms with Crippen molar-refractivity contribution in [2.75, 3.05) is 31.2 Å². The molecule has 0 bridgehead atoms. The van der Waals surface area contributed by atoms with E-state index in [1.807, 2.05) is 32.9 Å². The van der Waals surface area contributed by atoms with E-state index in [2.05, 4.69) is 5.32 Å². The zero-order chi connectivity index (χ0) is 31.0. The summed E-state index contributed by atoms with van der Waals surface area (Å²) in [5, 5.41) is 2.98. The van der Waals surface area contributed by atoms with Crippen molar-refractivity contribution in [3.8, 4) is 17.2 Å². The van der Waals surface area contributed by atoms with Crippen LogP contribution in [0.1, 0.15) is 39.2 Å². The van der Waals surface area contributed by atoms with E-state index >= 15 is 0 Å². The molecule has 0 radical (unpaired) electrons. The number of methoxy groups -OCH3 is 1. The van der Waals surface area contributed by atoms with Crippen molar-refractivity contribution in [2.24, 2.45) is 0 Å². The van der Waals surface area contributed by atoms with Crippen molar-refractivity contribution >= 4 is 27.5 Å². The Labute approximate surface area is 253 Å². The largest absolute Gasteiger partial charge is 0.497 e. The van der Waals surface area contributed by atoms with Crippen molar-refractivity contribution in [1.29, 1.82) is 0 Å². The van der Waals surface area contributed by atoms with Gasteiger partial charge in [0.25, 0.3) is 10.0 Å². The highest BCUT2D eigenvalue weighted by molar-refractivity contribution is 7.92. The maximum Gasteiger partial charge on any atom is 0.264 e. The number of carbonyl (C=O) groups is 2. The third-order valence-electron chi connectivity index (χ3n) is 7.32. The highest BCUT2D eigenvalue weighted by atomic mass is 32.2. The van der Waals surface area contributed by atoms with Crippen LogP contribution in [0.15, 0.2) is 77.7 Å². The van der Waals surface area contributed by atoms with Crippen molar-refractivity contribution in [3.05, 3.63) is 78.4 Å². The summed E-state index contributed by atoms with van der Waals surface area (Å²) in [4.78, 5) is 29.1. The molecule has 0 saturated heterocycles. The molecule has 2 amide bonds. The molecule has 43 heavy (non-hydrogen) atoms. The molecule has 1 heterocycles. The lowest BCUT2D eigenvalue weighted by molar-refractivity contribution is -0.140. The van der Waals surface area contributed by atoms with Crippen LogP contribution < -0.4 is 23.8 Å². The molecular formula is C32H39N3O7S. The Morgan fingerprint density at radius 3 is 2.23 bits per heavy atom. The smallest absolute Gasteiger partial charge is 0.264 e. The number of amides is 2. The van der Waals surface area contributed by atoms with Crippen LogP contribution in [0.5, 0.6) is 17.2 Å². The van der Waals surface area contributed by atoms with Gasteiger partial charge in [0.1, 0.15) is 31.5 Å². The second kappa shape index (κ2) is 14.3. The number of sulfonamides is 1. The van der Waals surface area contributed by atoms with E-state index in [9.17, 15) is 18.0 Å². The number of hydrogen-bond donors (Lipinski definition) is 1. The van der Waals surface area contributed by atoms with Gasteiger partial charge in [-0.3, -0.25) is 13.9 Å². The van der Waals surface area contributed by atoms with Gasteiger partial charge < -0.3 is 24.4 Å². The molecule has 230 valence electrons. The SMILES string of the molecule is CCC(C)NC(=O)C(CC)N(Cc1ccc(OC)cc1)C(=O)CN(c1ccc2c(c1)OCCO2)S(=O)(=O)c1ccccc1. The highest BCUT2D eigenvalue weighted by Crippen LogP contribution is 2.36. The van der Waals surface area contributed by atoms with Crippen molar-refractivity contribution < 1.29 is 32.2 Å². The van der Waals surface area contributed by atoms with Gasteiger partial charge in [-0.25, -0.2) is 8.42 Å². The van der Waals surface area contributed by atoms with Crippen LogP contribution in [0.4, 0.5) is 5.69 Å². The average Bonchev–Trinajstić information content (AvgIpc) is 3.03. The fraction of sp³-hybridized carbons (Fsp3) is 0.375. The van der Waals surface area contributed by atoms with Crippen molar-refractivity contribution in [3.63, 3.8) is 0 Å². The van der Waals surface area contributed by atoms with Crippen LogP contribution in [0.2, 0.25) is 0 Å². The molecule has 1 aliphatic heterocycles. The standard InChI is InChI=1S/C32H39N3O7S/c1-5-23(3)33-32(37)28(6-2)34(21-24-12-15-26(40-4)16-13-24)31(36)22-35(43(38,39)27-10-8-7-9-11-27)25-14-17-29-30(20-25)42-19-18-41-29/h7-17,20,23,28H,5-6,18-19,21-22H2,1-4H3,(H,33,37). The third kappa shape index (κ3) is 7.59. The van der Waals surface area contributed by atoms with Gasteiger partial charge >= 0.3 is 0 Å². The summed E-state index contributed by atoms with van der Waals surface area (Å²) in [5.74, 6) is 0.708. The fourth-order valence-corrected chi connectivity index (χ4v) is 6.15. The topological polar surface area (TPSA) is 114 Å². The van der Waals surface area contributed by atoms with Gasteiger partial charge in [0, 0.05) is 18.7 Å². The minimum Gasteiger partial charge on any atom is -0.497 e. The lowest BCUT2D eigenvalue weighted by atomic mass is 10.1. The van der Waals surface area contributed by atoms with Crippen LogP contribution >= 0.6 is 0 Å². The summed E-state index contributed by atoms with van der Waals surface area (Å²) in [7, 11) is -2.63. The molecule has 0 spiro atoms. The molecule has 10 nitrogen and oxygen atoms in total. The van der Waals surface area contributed by atoms with Gasteiger partial charge in [0.05, 0.1) is 17.7 Å². The number of nitrogens with one attached hydrogen (secondary N) is 1. The molecular weight excluding hydrogens is 570 g/mol. The van der Waals surface area contributed by atoms with Crippen LogP contribution in [0, 0.1) is 0 Å². The summed E-state index contributed by atoms with van der Waals surface area (Å²) < 4.78 is 45.7. The zero-order valence-electron chi connectivity index (χ0n) is 25.0. The molecule has 2 unspecified atom stereocenters. The van der Waals surface area contributed by atoms with Crippen LogP contribution in [0.25, 0.3) is 0 Å².